The third-order valence-corrected chi connectivity index (χ3v) is 3.96. The van der Waals surface area contributed by atoms with E-state index in [9.17, 15) is 4.79 Å². The summed E-state index contributed by atoms with van der Waals surface area (Å²) < 4.78 is 5.54. The van der Waals surface area contributed by atoms with E-state index in [4.69, 9.17) is 16.3 Å². The van der Waals surface area contributed by atoms with Gasteiger partial charge in [-0.25, -0.2) is 14.8 Å². The monoisotopic (exact) mass is 340 g/mol. The van der Waals surface area contributed by atoms with Crippen LogP contribution in [-0.4, -0.2) is 52.7 Å². The van der Waals surface area contributed by atoms with Gasteiger partial charge in [-0.15, -0.1) is 0 Å². The fourth-order valence-electron chi connectivity index (χ4n) is 2.69. The van der Waals surface area contributed by atoms with Crippen molar-refractivity contribution in [1.82, 2.24) is 14.9 Å². The lowest BCUT2D eigenvalue weighted by Crippen LogP contribution is -2.50. The number of hydrogen-bond donors (Lipinski definition) is 0. The topological polar surface area (TPSA) is 58.6 Å². The Kier molecular flexibility index (Phi) is 5.68. The number of piperidine rings is 1. The molecule has 0 N–H and O–H groups in total. The van der Waals surface area contributed by atoms with E-state index >= 15 is 0 Å². The van der Waals surface area contributed by atoms with Gasteiger partial charge in [0, 0.05) is 26.2 Å². The molecule has 2 rings (SSSR count). The highest BCUT2D eigenvalue weighted by molar-refractivity contribution is 6.29. The van der Waals surface area contributed by atoms with Crippen molar-refractivity contribution in [2.75, 3.05) is 25.0 Å². The minimum atomic E-state index is -0.481. The lowest BCUT2D eigenvalue weighted by Gasteiger charge is -2.38. The zero-order chi connectivity index (χ0) is 17.0. The van der Waals surface area contributed by atoms with Crippen molar-refractivity contribution < 1.29 is 9.53 Å². The number of anilines is 1. The molecule has 0 aliphatic carbocycles. The Balaban J connectivity index is 2.05. The summed E-state index contributed by atoms with van der Waals surface area (Å²) in [6.07, 6.45) is 4.29. The van der Waals surface area contributed by atoms with E-state index in [-0.39, 0.29) is 12.1 Å². The van der Waals surface area contributed by atoms with Gasteiger partial charge in [-0.1, -0.05) is 11.6 Å². The highest BCUT2D eigenvalue weighted by atomic mass is 35.5. The van der Waals surface area contributed by atoms with Crippen LogP contribution in [0.2, 0.25) is 5.15 Å². The Morgan fingerprint density at radius 2 is 2.17 bits per heavy atom. The van der Waals surface area contributed by atoms with Crippen molar-refractivity contribution >= 4 is 23.5 Å². The van der Waals surface area contributed by atoms with Gasteiger partial charge < -0.3 is 14.5 Å². The van der Waals surface area contributed by atoms with Gasteiger partial charge in [0.25, 0.3) is 0 Å². The Labute approximate surface area is 142 Å². The number of ether oxygens (including phenoxy) is 1. The van der Waals surface area contributed by atoms with E-state index in [1.165, 1.54) is 6.33 Å². The summed E-state index contributed by atoms with van der Waals surface area (Å²) in [4.78, 5) is 24.4. The standard InChI is InChI=1S/C16H25ClN4O2/c1-16(2,3)23-15(22)21-8-6-5-7-12(21)10-20(4)14-9-13(17)18-11-19-14/h9,11-12H,5-8,10H2,1-4H3/t12-/m0/s1. The number of aromatic nitrogens is 2. The van der Waals surface area contributed by atoms with Gasteiger partial charge in [0.1, 0.15) is 22.9 Å². The second kappa shape index (κ2) is 7.34. The van der Waals surface area contributed by atoms with Crippen molar-refractivity contribution in [3.8, 4) is 0 Å². The second-order valence-corrected chi connectivity index (χ2v) is 7.29. The van der Waals surface area contributed by atoms with Crippen LogP contribution in [0.3, 0.4) is 0 Å². The van der Waals surface area contributed by atoms with Crippen molar-refractivity contribution in [3.05, 3.63) is 17.5 Å². The molecule has 0 bridgehead atoms. The van der Waals surface area contributed by atoms with Crippen LogP contribution in [0.5, 0.6) is 0 Å². The summed E-state index contributed by atoms with van der Waals surface area (Å²) in [5.41, 5.74) is -0.481. The molecule has 1 atom stereocenters. The molecule has 2 heterocycles. The SMILES string of the molecule is CN(C[C@@H]1CCCCN1C(=O)OC(C)(C)C)c1cc(Cl)ncn1. The Hall–Kier alpha value is -1.56. The number of halogens is 1. The molecule has 0 radical (unpaired) electrons. The number of carbonyl (C=O) groups excluding carboxylic acids is 1. The maximum atomic E-state index is 12.4. The van der Waals surface area contributed by atoms with Crippen LogP contribution in [-0.2, 0) is 4.74 Å². The number of amides is 1. The molecule has 1 amide bonds. The predicted molar refractivity (Wildman–Crippen MR) is 90.9 cm³/mol. The molecule has 0 spiro atoms. The largest absolute Gasteiger partial charge is 0.444 e. The molecule has 1 aliphatic heterocycles. The lowest BCUT2D eigenvalue weighted by atomic mass is 10.0. The van der Waals surface area contributed by atoms with Gasteiger partial charge in [-0.2, -0.15) is 0 Å². The van der Waals surface area contributed by atoms with E-state index in [1.54, 1.807) is 6.07 Å². The molecule has 6 nitrogen and oxygen atoms in total. The van der Waals surface area contributed by atoms with Crippen LogP contribution < -0.4 is 4.90 Å². The highest BCUT2D eigenvalue weighted by Gasteiger charge is 2.31. The summed E-state index contributed by atoms with van der Waals surface area (Å²) >= 11 is 5.92. The predicted octanol–water partition coefficient (Wildman–Crippen LogP) is 3.36. The van der Waals surface area contributed by atoms with Gasteiger partial charge in [0.2, 0.25) is 0 Å². The Morgan fingerprint density at radius 3 is 2.83 bits per heavy atom. The molecule has 0 aromatic carbocycles. The number of likely N-dealkylation sites (N-methyl/N-ethyl adjacent to an activating group) is 1. The Bertz CT molecular complexity index is 547. The summed E-state index contributed by atoms with van der Waals surface area (Å²) in [5.74, 6) is 0.750. The first-order chi connectivity index (χ1) is 10.8. The van der Waals surface area contributed by atoms with Gasteiger partial charge in [0.05, 0.1) is 6.04 Å². The van der Waals surface area contributed by atoms with Crippen LogP contribution in [0.1, 0.15) is 40.0 Å². The second-order valence-electron chi connectivity index (χ2n) is 6.90. The number of hydrogen-bond acceptors (Lipinski definition) is 5. The first kappa shape index (κ1) is 17.8. The summed E-state index contributed by atoms with van der Waals surface area (Å²) in [6.45, 7) is 7.08. The maximum Gasteiger partial charge on any atom is 0.410 e. The van der Waals surface area contributed by atoms with Crippen LogP contribution in [0.4, 0.5) is 10.6 Å². The van der Waals surface area contributed by atoms with Crippen molar-refractivity contribution in [2.24, 2.45) is 0 Å². The van der Waals surface area contributed by atoms with Crippen LogP contribution in [0.15, 0.2) is 12.4 Å². The van der Waals surface area contributed by atoms with E-state index in [0.717, 1.165) is 31.6 Å². The van der Waals surface area contributed by atoms with Crippen LogP contribution in [0.25, 0.3) is 0 Å². The number of likely N-dealkylation sites (tertiary alicyclic amines) is 1. The van der Waals surface area contributed by atoms with E-state index in [2.05, 4.69) is 9.97 Å². The summed E-state index contributed by atoms with van der Waals surface area (Å²) in [6, 6.07) is 1.83. The highest BCUT2D eigenvalue weighted by Crippen LogP contribution is 2.22. The molecule has 0 saturated carbocycles. The molecule has 1 aromatic rings. The molecule has 0 unspecified atom stereocenters. The quantitative estimate of drug-likeness (QED) is 0.790. The minimum Gasteiger partial charge on any atom is -0.444 e. The fraction of sp³-hybridized carbons (Fsp3) is 0.688. The third-order valence-electron chi connectivity index (χ3n) is 3.75. The molecule has 1 aliphatic rings. The molecule has 1 fully saturated rings. The van der Waals surface area contributed by atoms with E-state index in [0.29, 0.717) is 11.7 Å². The Morgan fingerprint density at radius 1 is 1.43 bits per heavy atom. The molecule has 128 valence electrons. The molecular formula is C16H25ClN4O2. The number of rotatable bonds is 3. The van der Waals surface area contributed by atoms with Gasteiger partial charge in [0.15, 0.2) is 0 Å². The summed E-state index contributed by atoms with van der Waals surface area (Å²) in [5, 5.41) is 0.412. The van der Waals surface area contributed by atoms with E-state index < -0.39 is 5.60 Å². The fourth-order valence-corrected chi connectivity index (χ4v) is 2.84. The average molecular weight is 341 g/mol. The van der Waals surface area contributed by atoms with Crippen LogP contribution >= 0.6 is 11.6 Å². The van der Waals surface area contributed by atoms with E-state index in [1.807, 2.05) is 37.6 Å². The lowest BCUT2D eigenvalue weighted by molar-refractivity contribution is 0.0108. The van der Waals surface area contributed by atoms with Crippen LogP contribution in [0, 0.1) is 0 Å². The smallest absolute Gasteiger partial charge is 0.410 e. The molecular weight excluding hydrogens is 316 g/mol. The summed E-state index contributed by atoms with van der Waals surface area (Å²) in [7, 11) is 1.94. The van der Waals surface area contributed by atoms with Gasteiger partial charge in [-0.3, -0.25) is 0 Å². The molecule has 1 aromatic heterocycles. The third kappa shape index (κ3) is 5.23. The van der Waals surface area contributed by atoms with Gasteiger partial charge in [-0.05, 0) is 40.0 Å². The molecule has 23 heavy (non-hydrogen) atoms. The zero-order valence-electron chi connectivity index (χ0n) is 14.3. The normalized spacial score (nSPS) is 18.7. The number of carbonyl (C=O) groups is 1. The van der Waals surface area contributed by atoms with Crippen molar-refractivity contribution in [3.63, 3.8) is 0 Å². The molecule has 1 saturated heterocycles. The molecule has 7 heteroatoms. The zero-order valence-corrected chi connectivity index (χ0v) is 15.0. The first-order valence-electron chi connectivity index (χ1n) is 7.94. The van der Waals surface area contributed by atoms with Crippen molar-refractivity contribution in [2.45, 2.75) is 51.7 Å². The van der Waals surface area contributed by atoms with Gasteiger partial charge >= 0.3 is 6.09 Å². The number of nitrogens with zero attached hydrogens (tertiary/aromatic N) is 4. The first-order valence-corrected chi connectivity index (χ1v) is 8.32. The van der Waals surface area contributed by atoms with Crippen molar-refractivity contribution in [1.29, 1.82) is 0 Å². The minimum absolute atomic E-state index is 0.109. The maximum absolute atomic E-state index is 12.4. The average Bonchev–Trinajstić information content (AvgIpc) is 2.46.